The Morgan fingerprint density at radius 3 is 2.75 bits per heavy atom. The number of hydrogen-bond donors (Lipinski definition) is 2. The largest absolute Gasteiger partial charge is 0.495 e. The van der Waals surface area contributed by atoms with E-state index in [-0.39, 0.29) is 11.3 Å². The standard InChI is InChI=1S/C15H15FN2O2/c1-9-6-7-10(16)8-12(9)18-15(19)11-4-3-5-13(20-2)14(11)17/h3-8H,17H2,1-2H3,(H,18,19). The van der Waals surface area contributed by atoms with Gasteiger partial charge in [-0.15, -0.1) is 0 Å². The Labute approximate surface area is 116 Å². The Hall–Kier alpha value is -2.56. The topological polar surface area (TPSA) is 64.3 Å². The molecule has 104 valence electrons. The summed E-state index contributed by atoms with van der Waals surface area (Å²) in [7, 11) is 1.48. The first-order valence-corrected chi connectivity index (χ1v) is 6.03. The maximum Gasteiger partial charge on any atom is 0.257 e. The van der Waals surface area contributed by atoms with E-state index in [4.69, 9.17) is 10.5 Å². The number of nitrogens with two attached hydrogens (primary N) is 1. The van der Waals surface area contributed by atoms with Crippen LogP contribution in [0.1, 0.15) is 15.9 Å². The van der Waals surface area contributed by atoms with E-state index in [0.29, 0.717) is 11.4 Å². The number of nitrogen functional groups attached to an aromatic ring is 1. The van der Waals surface area contributed by atoms with Gasteiger partial charge in [0.05, 0.1) is 18.4 Å². The van der Waals surface area contributed by atoms with Crippen LogP contribution in [0.3, 0.4) is 0 Å². The van der Waals surface area contributed by atoms with E-state index in [1.807, 2.05) is 0 Å². The van der Waals surface area contributed by atoms with Crippen LogP contribution in [0.5, 0.6) is 5.75 Å². The molecule has 0 unspecified atom stereocenters. The highest BCUT2D eigenvalue weighted by Gasteiger charge is 2.14. The van der Waals surface area contributed by atoms with Gasteiger partial charge in [0.1, 0.15) is 11.6 Å². The average Bonchev–Trinajstić information content (AvgIpc) is 2.43. The molecule has 2 aromatic carbocycles. The number of benzene rings is 2. The van der Waals surface area contributed by atoms with E-state index in [0.717, 1.165) is 5.56 Å². The molecule has 0 radical (unpaired) electrons. The van der Waals surface area contributed by atoms with Crippen molar-refractivity contribution in [3.8, 4) is 5.75 Å². The summed E-state index contributed by atoms with van der Waals surface area (Å²) in [4.78, 5) is 12.2. The normalized spacial score (nSPS) is 10.2. The molecule has 0 fully saturated rings. The summed E-state index contributed by atoms with van der Waals surface area (Å²) in [5, 5.41) is 2.64. The van der Waals surface area contributed by atoms with Crippen molar-refractivity contribution in [2.45, 2.75) is 6.92 Å². The molecule has 4 nitrogen and oxygen atoms in total. The van der Waals surface area contributed by atoms with Crippen LogP contribution in [0.15, 0.2) is 36.4 Å². The van der Waals surface area contributed by atoms with Gasteiger partial charge in [-0.1, -0.05) is 12.1 Å². The lowest BCUT2D eigenvalue weighted by Gasteiger charge is -2.12. The van der Waals surface area contributed by atoms with Crippen molar-refractivity contribution in [2.75, 3.05) is 18.2 Å². The Balaban J connectivity index is 2.31. The summed E-state index contributed by atoms with van der Waals surface area (Å²) >= 11 is 0. The minimum absolute atomic E-state index is 0.251. The SMILES string of the molecule is COc1cccc(C(=O)Nc2cc(F)ccc2C)c1N. The predicted molar refractivity (Wildman–Crippen MR) is 76.5 cm³/mol. The molecule has 0 aliphatic heterocycles. The molecule has 0 aliphatic rings. The summed E-state index contributed by atoms with van der Waals surface area (Å²) in [6.07, 6.45) is 0. The van der Waals surface area contributed by atoms with E-state index in [1.54, 1.807) is 31.2 Å². The van der Waals surface area contributed by atoms with Crippen LogP contribution in [0.25, 0.3) is 0 Å². The minimum Gasteiger partial charge on any atom is -0.495 e. The molecular formula is C15H15FN2O2. The van der Waals surface area contributed by atoms with Crippen LogP contribution >= 0.6 is 0 Å². The zero-order valence-corrected chi connectivity index (χ0v) is 11.2. The second-order valence-corrected chi connectivity index (χ2v) is 4.33. The van der Waals surface area contributed by atoms with Gasteiger partial charge in [0.25, 0.3) is 5.91 Å². The number of hydrogen-bond acceptors (Lipinski definition) is 3. The Morgan fingerprint density at radius 1 is 1.30 bits per heavy atom. The van der Waals surface area contributed by atoms with Gasteiger partial charge < -0.3 is 15.8 Å². The molecule has 1 amide bonds. The van der Waals surface area contributed by atoms with E-state index in [2.05, 4.69) is 5.32 Å². The molecule has 5 heteroatoms. The third kappa shape index (κ3) is 2.71. The van der Waals surface area contributed by atoms with Crippen molar-refractivity contribution in [1.29, 1.82) is 0 Å². The molecule has 0 aromatic heterocycles. The van der Waals surface area contributed by atoms with Gasteiger partial charge in [0, 0.05) is 5.69 Å². The molecule has 0 spiro atoms. The van der Waals surface area contributed by atoms with Crippen molar-refractivity contribution in [3.05, 3.63) is 53.3 Å². The fourth-order valence-corrected chi connectivity index (χ4v) is 1.84. The first kappa shape index (κ1) is 13.9. The quantitative estimate of drug-likeness (QED) is 0.846. The summed E-state index contributed by atoms with van der Waals surface area (Å²) in [6, 6.07) is 9.12. The van der Waals surface area contributed by atoms with E-state index < -0.39 is 11.7 Å². The van der Waals surface area contributed by atoms with E-state index in [9.17, 15) is 9.18 Å². The number of rotatable bonds is 3. The van der Waals surface area contributed by atoms with Crippen molar-refractivity contribution in [2.24, 2.45) is 0 Å². The number of para-hydroxylation sites is 1. The summed E-state index contributed by atoms with van der Waals surface area (Å²) in [5.74, 6) is -0.395. The van der Waals surface area contributed by atoms with Crippen LogP contribution < -0.4 is 15.8 Å². The van der Waals surface area contributed by atoms with Gasteiger partial charge in [-0.25, -0.2) is 4.39 Å². The second kappa shape index (κ2) is 5.61. The minimum atomic E-state index is -0.412. The fraction of sp³-hybridized carbons (Fsp3) is 0.133. The highest BCUT2D eigenvalue weighted by Crippen LogP contribution is 2.26. The lowest BCUT2D eigenvalue weighted by atomic mass is 10.1. The zero-order valence-electron chi connectivity index (χ0n) is 11.2. The molecule has 0 saturated carbocycles. The first-order valence-electron chi connectivity index (χ1n) is 6.03. The number of carbonyl (C=O) groups is 1. The average molecular weight is 274 g/mol. The van der Waals surface area contributed by atoms with Crippen LogP contribution in [0, 0.1) is 12.7 Å². The van der Waals surface area contributed by atoms with Crippen molar-refractivity contribution in [3.63, 3.8) is 0 Å². The Kier molecular flexibility index (Phi) is 3.89. The molecule has 20 heavy (non-hydrogen) atoms. The molecule has 0 bridgehead atoms. The Bertz CT molecular complexity index is 656. The first-order chi connectivity index (χ1) is 9.52. The lowest BCUT2D eigenvalue weighted by Crippen LogP contribution is -2.15. The third-order valence-electron chi connectivity index (χ3n) is 2.98. The third-order valence-corrected chi connectivity index (χ3v) is 2.98. The van der Waals surface area contributed by atoms with Gasteiger partial charge in [-0.2, -0.15) is 0 Å². The number of amides is 1. The van der Waals surface area contributed by atoms with Gasteiger partial charge in [0.15, 0.2) is 0 Å². The number of nitrogens with one attached hydrogen (secondary N) is 1. The molecule has 0 aliphatic carbocycles. The number of ether oxygens (including phenoxy) is 1. The van der Waals surface area contributed by atoms with Crippen LogP contribution in [0.2, 0.25) is 0 Å². The summed E-state index contributed by atoms with van der Waals surface area (Å²) in [5.41, 5.74) is 7.57. The highest BCUT2D eigenvalue weighted by atomic mass is 19.1. The maximum absolute atomic E-state index is 13.2. The predicted octanol–water partition coefficient (Wildman–Crippen LogP) is 2.98. The van der Waals surface area contributed by atoms with Crippen LogP contribution in [-0.2, 0) is 0 Å². The van der Waals surface area contributed by atoms with Crippen LogP contribution in [0.4, 0.5) is 15.8 Å². The smallest absolute Gasteiger partial charge is 0.257 e. The monoisotopic (exact) mass is 274 g/mol. The molecule has 0 atom stereocenters. The summed E-state index contributed by atoms with van der Waals surface area (Å²) in [6.45, 7) is 1.78. The number of halogens is 1. The van der Waals surface area contributed by atoms with Gasteiger partial charge in [0.2, 0.25) is 0 Å². The van der Waals surface area contributed by atoms with Gasteiger partial charge in [-0.3, -0.25) is 4.79 Å². The molecule has 2 aromatic rings. The molecule has 0 saturated heterocycles. The van der Waals surface area contributed by atoms with Gasteiger partial charge in [-0.05, 0) is 36.8 Å². The van der Waals surface area contributed by atoms with Crippen molar-refractivity contribution < 1.29 is 13.9 Å². The number of methoxy groups -OCH3 is 1. The number of aryl methyl sites for hydroxylation is 1. The molecular weight excluding hydrogens is 259 g/mol. The molecule has 2 rings (SSSR count). The number of carbonyl (C=O) groups excluding carboxylic acids is 1. The van der Waals surface area contributed by atoms with Crippen molar-refractivity contribution in [1.82, 2.24) is 0 Å². The van der Waals surface area contributed by atoms with E-state index in [1.165, 1.54) is 19.2 Å². The fourth-order valence-electron chi connectivity index (χ4n) is 1.84. The number of anilines is 2. The second-order valence-electron chi connectivity index (χ2n) is 4.33. The summed E-state index contributed by atoms with van der Waals surface area (Å²) < 4.78 is 18.3. The molecule has 0 heterocycles. The Morgan fingerprint density at radius 2 is 2.05 bits per heavy atom. The van der Waals surface area contributed by atoms with Gasteiger partial charge >= 0.3 is 0 Å². The van der Waals surface area contributed by atoms with E-state index >= 15 is 0 Å². The molecule has 3 N–H and O–H groups in total. The maximum atomic E-state index is 13.2. The highest BCUT2D eigenvalue weighted by molar-refractivity contribution is 6.08. The lowest BCUT2D eigenvalue weighted by molar-refractivity contribution is 0.102. The van der Waals surface area contributed by atoms with Crippen LogP contribution in [-0.4, -0.2) is 13.0 Å². The zero-order chi connectivity index (χ0) is 14.7. The van der Waals surface area contributed by atoms with Crippen molar-refractivity contribution >= 4 is 17.3 Å².